The fourth-order valence-electron chi connectivity index (χ4n) is 2.26. The molecule has 0 unspecified atom stereocenters. The Morgan fingerprint density at radius 2 is 1.50 bits per heavy atom. The predicted octanol–water partition coefficient (Wildman–Crippen LogP) is 4.63. The van der Waals surface area contributed by atoms with E-state index >= 15 is 0 Å². The number of carbonyl (C=O) groups is 1. The SMILES string of the molecule is CC.CC(=O)C1(c2ccc(C(C)(C)C)cc2)CC1. The Labute approximate surface area is 112 Å². The Kier molecular flexibility index (Phi) is 4.37. The van der Waals surface area contributed by atoms with Crippen molar-refractivity contribution in [1.82, 2.24) is 0 Å². The normalized spacial score (nSPS) is 16.6. The van der Waals surface area contributed by atoms with Gasteiger partial charge in [0.2, 0.25) is 0 Å². The molecule has 0 bridgehead atoms. The van der Waals surface area contributed by atoms with Crippen molar-refractivity contribution in [2.24, 2.45) is 0 Å². The third-order valence-electron chi connectivity index (χ3n) is 3.73. The van der Waals surface area contributed by atoms with Crippen molar-refractivity contribution in [3.05, 3.63) is 35.4 Å². The zero-order chi connectivity index (χ0) is 14.0. The zero-order valence-electron chi connectivity index (χ0n) is 12.6. The Balaban J connectivity index is 0.000000771. The minimum atomic E-state index is -0.129. The number of rotatable bonds is 2. The summed E-state index contributed by atoms with van der Waals surface area (Å²) in [7, 11) is 0. The summed E-state index contributed by atoms with van der Waals surface area (Å²) < 4.78 is 0. The van der Waals surface area contributed by atoms with Crippen LogP contribution in [0, 0.1) is 0 Å². The van der Waals surface area contributed by atoms with E-state index in [0.29, 0.717) is 5.78 Å². The van der Waals surface area contributed by atoms with E-state index in [9.17, 15) is 4.79 Å². The molecule has 1 aliphatic rings. The van der Waals surface area contributed by atoms with E-state index < -0.39 is 0 Å². The predicted molar refractivity (Wildman–Crippen MR) is 78.1 cm³/mol. The summed E-state index contributed by atoms with van der Waals surface area (Å²) in [4.78, 5) is 11.6. The van der Waals surface area contributed by atoms with E-state index in [1.165, 1.54) is 11.1 Å². The smallest absolute Gasteiger partial charge is 0.140 e. The number of Topliss-reactive ketones (excluding diaryl/α,β-unsaturated/α-hetero) is 1. The molecule has 0 amide bonds. The fourth-order valence-corrected chi connectivity index (χ4v) is 2.26. The van der Waals surface area contributed by atoms with Gasteiger partial charge in [-0.3, -0.25) is 4.79 Å². The summed E-state index contributed by atoms with van der Waals surface area (Å²) in [5.41, 5.74) is 2.59. The second kappa shape index (κ2) is 5.26. The lowest BCUT2D eigenvalue weighted by molar-refractivity contribution is -0.119. The minimum Gasteiger partial charge on any atom is -0.299 e. The summed E-state index contributed by atoms with van der Waals surface area (Å²) in [6.45, 7) is 12.3. The van der Waals surface area contributed by atoms with Gasteiger partial charge in [0, 0.05) is 0 Å². The first-order valence-corrected chi connectivity index (χ1v) is 6.98. The van der Waals surface area contributed by atoms with Crippen molar-refractivity contribution in [2.75, 3.05) is 0 Å². The van der Waals surface area contributed by atoms with Crippen LogP contribution in [0.15, 0.2) is 24.3 Å². The lowest BCUT2D eigenvalue weighted by Gasteiger charge is -2.20. The third-order valence-corrected chi connectivity index (χ3v) is 3.73. The van der Waals surface area contributed by atoms with Crippen molar-refractivity contribution < 1.29 is 4.79 Å². The number of carbonyl (C=O) groups excluding carboxylic acids is 1. The Hall–Kier alpha value is -1.11. The van der Waals surface area contributed by atoms with Crippen LogP contribution in [0.3, 0.4) is 0 Å². The van der Waals surface area contributed by atoms with Crippen LogP contribution in [0.25, 0.3) is 0 Å². The van der Waals surface area contributed by atoms with Gasteiger partial charge in [0.05, 0.1) is 5.41 Å². The molecule has 1 aliphatic carbocycles. The van der Waals surface area contributed by atoms with Crippen LogP contribution < -0.4 is 0 Å². The Morgan fingerprint density at radius 1 is 1.06 bits per heavy atom. The van der Waals surface area contributed by atoms with Crippen LogP contribution in [-0.4, -0.2) is 5.78 Å². The molecule has 1 aromatic rings. The van der Waals surface area contributed by atoms with Gasteiger partial charge in [-0.05, 0) is 36.3 Å². The molecule has 0 radical (unpaired) electrons. The maximum absolute atomic E-state index is 11.6. The first-order valence-electron chi connectivity index (χ1n) is 6.98. The van der Waals surface area contributed by atoms with Crippen LogP contribution in [0.5, 0.6) is 0 Å². The standard InChI is InChI=1S/C15H20O.C2H6/c1-11(16)15(9-10-15)13-7-5-12(6-8-13)14(2,3)4;1-2/h5-8H,9-10H2,1-4H3;1-2H3. The summed E-state index contributed by atoms with van der Waals surface area (Å²) in [6.07, 6.45) is 2.05. The second-order valence-corrected chi connectivity index (χ2v) is 5.97. The molecule has 2 rings (SSSR count). The summed E-state index contributed by atoms with van der Waals surface area (Å²) in [5.74, 6) is 0.316. The largest absolute Gasteiger partial charge is 0.299 e. The summed E-state index contributed by atoms with van der Waals surface area (Å²) >= 11 is 0. The molecule has 0 aliphatic heterocycles. The van der Waals surface area contributed by atoms with E-state index in [1.54, 1.807) is 6.92 Å². The van der Waals surface area contributed by atoms with Gasteiger partial charge in [0.1, 0.15) is 5.78 Å². The van der Waals surface area contributed by atoms with Crippen LogP contribution in [-0.2, 0) is 15.6 Å². The molecular formula is C17H26O. The number of hydrogen-bond acceptors (Lipinski definition) is 1. The van der Waals surface area contributed by atoms with Gasteiger partial charge in [-0.2, -0.15) is 0 Å². The number of hydrogen-bond donors (Lipinski definition) is 0. The third kappa shape index (κ3) is 2.82. The summed E-state index contributed by atoms with van der Waals surface area (Å²) in [5, 5.41) is 0. The van der Waals surface area contributed by atoms with Gasteiger partial charge in [-0.1, -0.05) is 58.9 Å². The second-order valence-electron chi connectivity index (χ2n) is 5.97. The van der Waals surface area contributed by atoms with Gasteiger partial charge < -0.3 is 0 Å². The van der Waals surface area contributed by atoms with E-state index in [0.717, 1.165) is 12.8 Å². The topological polar surface area (TPSA) is 17.1 Å². The fraction of sp³-hybridized carbons (Fsp3) is 0.588. The average Bonchev–Trinajstić information content (AvgIpc) is 3.12. The molecule has 0 spiro atoms. The van der Waals surface area contributed by atoms with Crippen LogP contribution >= 0.6 is 0 Å². The number of benzene rings is 1. The lowest BCUT2D eigenvalue weighted by atomic mass is 9.84. The number of ketones is 1. The van der Waals surface area contributed by atoms with E-state index in [-0.39, 0.29) is 10.8 Å². The molecule has 0 saturated heterocycles. The molecule has 0 N–H and O–H groups in total. The molecule has 0 aromatic heterocycles. The first kappa shape index (κ1) is 14.9. The monoisotopic (exact) mass is 246 g/mol. The van der Waals surface area contributed by atoms with Gasteiger partial charge in [-0.15, -0.1) is 0 Å². The van der Waals surface area contributed by atoms with Gasteiger partial charge >= 0.3 is 0 Å². The minimum absolute atomic E-state index is 0.129. The quantitative estimate of drug-likeness (QED) is 0.743. The first-order chi connectivity index (χ1) is 8.36. The zero-order valence-corrected chi connectivity index (χ0v) is 12.6. The van der Waals surface area contributed by atoms with E-state index in [1.807, 2.05) is 13.8 Å². The van der Waals surface area contributed by atoms with Crippen LogP contribution in [0.2, 0.25) is 0 Å². The molecule has 0 atom stereocenters. The summed E-state index contributed by atoms with van der Waals surface area (Å²) in [6, 6.07) is 8.60. The highest BCUT2D eigenvalue weighted by atomic mass is 16.1. The van der Waals surface area contributed by atoms with Crippen molar-refractivity contribution in [3.63, 3.8) is 0 Å². The van der Waals surface area contributed by atoms with Gasteiger partial charge in [0.25, 0.3) is 0 Å². The van der Waals surface area contributed by atoms with E-state index in [4.69, 9.17) is 0 Å². The molecule has 0 heterocycles. The van der Waals surface area contributed by atoms with Crippen molar-refractivity contribution >= 4 is 5.78 Å². The Morgan fingerprint density at radius 3 is 1.78 bits per heavy atom. The highest BCUT2D eigenvalue weighted by Gasteiger charge is 2.48. The van der Waals surface area contributed by atoms with Crippen molar-refractivity contribution in [2.45, 2.75) is 65.2 Å². The Bertz CT molecular complexity index is 402. The molecule has 1 heteroatoms. The molecule has 100 valence electrons. The molecule has 1 saturated carbocycles. The molecule has 18 heavy (non-hydrogen) atoms. The average molecular weight is 246 g/mol. The van der Waals surface area contributed by atoms with E-state index in [2.05, 4.69) is 45.0 Å². The van der Waals surface area contributed by atoms with Gasteiger partial charge in [0.15, 0.2) is 0 Å². The maximum atomic E-state index is 11.6. The maximum Gasteiger partial charge on any atom is 0.140 e. The highest BCUT2D eigenvalue weighted by Crippen LogP contribution is 2.49. The van der Waals surface area contributed by atoms with Crippen molar-refractivity contribution in [1.29, 1.82) is 0 Å². The molecule has 1 fully saturated rings. The molecule has 1 nitrogen and oxygen atoms in total. The molecule has 1 aromatic carbocycles. The van der Waals surface area contributed by atoms with Crippen LogP contribution in [0.1, 0.15) is 65.5 Å². The van der Waals surface area contributed by atoms with Gasteiger partial charge in [-0.25, -0.2) is 0 Å². The highest BCUT2D eigenvalue weighted by molar-refractivity contribution is 5.91. The lowest BCUT2D eigenvalue weighted by Crippen LogP contribution is -2.17. The van der Waals surface area contributed by atoms with Crippen LogP contribution in [0.4, 0.5) is 0 Å². The van der Waals surface area contributed by atoms with Crippen molar-refractivity contribution in [3.8, 4) is 0 Å². The molecular weight excluding hydrogens is 220 g/mol.